The first-order valence-electron chi connectivity index (χ1n) is 30.3. The fourth-order valence-electron chi connectivity index (χ4n) is 7.32. The average molecular weight is 2630 g/mol. The first-order valence-corrected chi connectivity index (χ1v) is 39.6. The van der Waals surface area contributed by atoms with Crippen molar-refractivity contribution < 1.29 is 158 Å². The zero-order chi connectivity index (χ0) is 93.3. The molecule has 0 aliphatic heterocycles. The lowest BCUT2D eigenvalue weighted by atomic mass is 10.1. The largest absolute Gasteiger partial charge is 0.417 e. The van der Waals surface area contributed by atoms with E-state index in [2.05, 4.69) is 63.7 Å². The summed E-state index contributed by atoms with van der Waals surface area (Å²) in [6.07, 6.45) is -53.1. The molecule has 0 unspecified atom stereocenters. The van der Waals surface area contributed by atoms with Crippen molar-refractivity contribution >= 4 is 200 Å². The quantitative estimate of drug-likeness (QED) is 0.105. The maximum absolute atomic E-state index is 12.1. The van der Waals surface area contributed by atoms with Crippen LogP contribution in [0.4, 0.5) is 158 Å². The molecule has 10 rings (SSSR count). The van der Waals surface area contributed by atoms with Gasteiger partial charge in [-0.2, -0.15) is 158 Å². The second kappa shape index (κ2) is 48.1. The minimum absolute atomic E-state index is 0.0742. The predicted octanol–water partition coefficient (Wildman–Crippen LogP) is 36.8. The van der Waals surface area contributed by atoms with Crippen LogP contribution in [0.1, 0.15) is 72.3 Å². The third kappa shape index (κ3) is 45.3. The van der Waals surface area contributed by atoms with Gasteiger partial charge in [0.2, 0.25) is 0 Å². The van der Waals surface area contributed by atoms with E-state index in [1.54, 1.807) is 82.4 Å². The van der Waals surface area contributed by atoms with Crippen molar-refractivity contribution in [3.05, 3.63) is 337 Å². The van der Waals surface area contributed by atoms with E-state index in [0.29, 0.717) is 54.5 Å². The van der Waals surface area contributed by atoms with Crippen molar-refractivity contribution in [3.8, 4) is 0 Å². The van der Waals surface area contributed by atoms with Crippen molar-refractivity contribution in [2.24, 2.45) is 0 Å². The fourth-order valence-corrected chi connectivity index (χ4v) is 11.9. The van der Waals surface area contributed by atoms with Crippen LogP contribution in [0.25, 0.3) is 0 Å². The maximum atomic E-state index is 12.1. The number of hydrogen-bond donors (Lipinski definition) is 0. The van der Waals surface area contributed by atoms with Crippen molar-refractivity contribution in [3.63, 3.8) is 0 Å². The molecular formula is C73H39Br4Cl2F36I5. The van der Waals surface area contributed by atoms with Gasteiger partial charge in [0.25, 0.3) is 0 Å². The molecule has 0 bridgehead atoms. The van der Waals surface area contributed by atoms with Crippen molar-refractivity contribution in [2.75, 3.05) is 0 Å². The van der Waals surface area contributed by atoms with Gasteiger partial charge in [0.15, 0.2) is 0 Å². The summed E-state index contributed by atoms with van der Waals surface area (Å²) in [7, 11) is 0. The smallest absolute Gasteiger partial charge is 0.166 e. The Labute approximate surface area is 767 Å². The zero-order valence-electron chi connectivity index (χ0n) is 57.5. The standard InChI is InChI=1S/2C8H3BrF6.C8H7F3.2C7H4BrF3.2C7H3ClF3I.3C7H4F3I/c2*9-6-2-4(7(10,11)12)1-5(3-6)8(13,14)15;1-6-3-2-4-7(5-6)8(9,10)11;2*8-6-3-1-2-5(4-6)7(9,10)11;8-5-3-4(7(9,10)11)1-2-6(5)12;8-5-2-1-4(3-6(5)12)7(9,10)11;8-7(9,10)5-1-3-6(11)4-2-5;8-7(9,10)5-2-1-3-6(11)4-5;8-7(9,10)5-3-1-2-4-6(5)11/h2*1-3H;2-5H,1H3;2*1-4H;2*1-3H;3*1-4H. The first kappa shape index (κ1) is 114. The number of benzene rings is 10. The van der Waals surface area contributed by atoms with Gasteiger partial charge in [0.05, 0.1) is 76.8 Å². The van der Waals surface area contributed by atoms with Crippen LogP contribution in [0.5, 0.6) is 0 Å². The van der Waals surface area contributed by atoms with Gasteiger partial charge in [-0.1, -0.05) is 141 Å². The topological polar surface area (TPSA) is 0 Å². The summed E-state index contributed by atoms with van der Waals surface area (Å²) in [5.41, 5.74) is -9.69. The van der Waals surface area contributed by atoms with Crippen LogP contribution in [0.2, 0.25) is 10.0 Å². The summed E-state index contributed by atoms with van der Waals surface area (Å²) in [5, 5.41) is 0.467. The molecule has 120 heavy (non-hydrogen) atoms. The number of halogens is 47. The minimum atomic E-state index is -4.79. The summed E-state index contributed by atoms with van der Waals surface area (Å²) in [6, 6.07) is 39.8. The third-order valence-corrected chi connectivity index (χ3v) is 20.1. The molecule has 0 amide bonds. The Morgan fingerprint density at radius 3 is 0.750 bits per heavy atom. The molecule has 47 heteroatoms. The van der Waals surface area contributed by atoms with Crippen LogP contribution in [0.15, 0.2) is 236 Å². The molecule has 0 fully saturated rings. The molecule has 0 saturated heterocycles. The van der Waals surface area contributed by atoms with Crippen LogP contribution in [-0.2, 0) is 74.1 Å². The molecule has 0 aliphatic carbocycles. The summed E-state index contributed by atoms with van der Waals surface area (Å²) in [6.45, 7) is 1.63. The summed E-state index contributed by atoms with van der Waals surface area (Å²) in [5.74, 6) is 0. The van der Waals surface area contributed by atoms with Gasteiger partial charge in [-0.25, -0.2) is 0 Å². The summed E-state index contributed by atoms with van der Waals surface area (Å²) >= 11 is 31.3. The second-order valence-corrected chi connectivity index (χ2v) is 32.5. The van der Waals surface area contributed by atoms with E-state index in [1.807, 2.05) is 67.8 Å². The maximum Gasteiger partial charge on any atom is 0.417 e. The van der Waals surface area contributed by atoms with Crippen LogP contribution in [-0.4, -0.2) is 0 Å². The Kier molecular flexibility index (Phi) is 45.7. The molecule has 0 aliphatic rings. The van der Waals surface area contributed by atoms with Gasteiger partial charge in [0, 0.05) is 35.7 Å². The Morgan fingerprint density at radius 1 is 0.200 bits per heavy atom. The fraction of sp³-hybridized carbons (Fsp3) is 0.178. The first-order chi connectivity index (χ1) is 54.0. The lowest BCUT2D eigenvalue weighted by Gasteiger charge is -2.11. The lowest BCUT2D eigenvalue weighted by Crippen LogP contribution is -2.10. The SMILES string of the molecule is Cc1cccc(C(F)(F)F)c1.FC(F)(F)c1cc(Br)cc(C(F)(F)F)c1.FC(F)(F)c1cc(Br)cc(C(F)(F)F)c1.FC(F)(F)c1ccc(Cl)c(I)c1.FC(F)(F)c1ccc(I)c(Cl)c1.FC(F)(F)c1ccc(I)cc1.FC(F)(F)c1cccc(Br)c1.FC(F)(F)c1cccc(Br)c1.FC(F)(F)c1cccc(I)c1.FC(F)(F)c1ccccc1I. The van der Waals surface area contributed by atoms with Gasteiger partial charge in [-0.05, 0) is 290 Å². The highest BCUT2D eigenvalue weighted by atomic mass is 127. The zero-order valence-corrected chi connectivity index (χ0v) is 76.2. The van der Waals surface area contributed by atoms with Crippen molar-refractivity contribution in [1.29, 1.82) is 0 Å². The van der Waals surface area contributed by atoms with E-state index in [0.717, 1.165) is 94.6 Å². The van der Waals surface area contributed by atoms with E-state index < -0.39 is 141 Å². The highest BCUT2D eigenvalue weighted by Crippen LogP contribution is 2.42. The highest BCUT2D eigenvalue weighted by molar-refractivity contribution is 14.1. The molecule has 0 N–H and O–H groups in total. The van der Waals surface area contributed by atoms with Gasteiger partial charge in [-0.15, -0.1) is 0 Å². The van der Waals surface area contributed by atoms with Gasteiger partial charge in [-0.3, -0.25) is 0 Å². The minimum Gasteiger partial charge on any atom is -0.166 e. The molecule has 0 aromatic heterocycles. The molecular weight excluding hydrogens is 2590 g/mol. The third-order valence-electron chi connectivity index (χ3n) is 12.8. The van der Waals surface area contributed by atoms with Crippen molar-refractivity contribution in [2.45, 2.75) is 81.0 Å². The normalized spacial score (nSPS) is 12.0. The molecule has 0 nitrogen and oxygen atoms in total. The van der Waals surface area contributed by atoms with Crippen LogP contribution in [0.3, 0.4) is 0 Å². The molecule has 660 valence electrons. The van der Waals surface area contributed by atoms with Crippen LogP contribution >= 0.6 is 200 Å². The molecule has 0 heterocycles. The monoisotopic (exact) mass is 2620 g/mol. The molecule has 0 atom stereocenters. The average Bonchev–Trinajstić information content (AvgIpc) is 0.807. The van der Waals surface area contributed by atoms with E-state index in [4.69, 9.17) is 23.2 Å². The predicted molar refractivity (Wildman–Crippen MR) is 434 cm³/mol. The van der Waals surface area contributed by atoms with Gasteiger partial charge in [0.1, 0.15) is 0 Å². The van der Waals surface area contributed by atoms with Gasteiger partial charge < -0.3 is 0 Å². The second-order valence-electron chi connectivity index (χ2n) is 22.1. The van der Waals surface area contributed by atoms with Gasteiger partial charge >= 0.3 is 74.1 Å². The van der Waals surface area contributed by atoms with Crippen LogP contribution < -0.4 is 0 Å². The number of rotatable bonds is 0. The highest BCUT2D eigenvalue weighted by Gasteiger charge is 2.40. The molecule has 0 spiro atoms. The summed E-state index contributed by atoms with van der Waals surface area (Å²) in [4.78, 5) is 0. The number of aryl methyl sites for hydroxylation is 1. The van der Waals surface area contributed by atoms with E-state index in [1.165, 1.54) is 60.7 Å². The van der Waals surface area contributed by atoms with E-state index in [-0.39, 0.29) is 29.7 Å². The Hall–Kier alpha value is -4.17. The van der Waals surface area contributed by atoms with Crippen molar-refractivity contribution in [1.82, 2.24) is 0 Å². The number of alkyl halides is 36. The Morgan fingerprint density at radius 2 is 0.483 bits per heavy atom. The van der Waals surface area contributed by atoms with E-state index >= 15 is 0 Å². The number of hydrogen-bond acceptors (Lipinski definition) is 0. The molecule has 0 saturated carbocycles. The molecule has 10 aromatic carbocycles. The Bertz CT molecular complexity index is 4410. The van der Waals surface area contributed by atoms with Crippen LogP contribution in [0, 0.1) is 24.8 Å². The summed E-state index contributed by atoms with van der Waals surface area (Å²) < 4.78 is 436. The lowest BCUT2D eigenvalue weighted by molar-refractivity contribution is -0.144. The van der Waals surface area contributed by atoms with E-state index in [9.17, 15) is 158 Å². The molecule has 10 aromatic rings. The Balaban J connectivity index is 0.000000668. The molecule has 0 radical (unpaired) electrons.